The number of hydrogen-bond donors (Lipinski definition) is 2. The molecule has 1 aliphatic rings. The molecule has 2 rings (SSSR count). The highest BCUT2D eigenvalue weighted by Gasteiger charge is 2.18. The van der Waals surface area contributed by atoms with E-state index in [1.807, 2.05) is 0 Å². The standard InChI is InChI=1S/C13H16BrFN2OS/c14-11-9(13(16)17-18)5-6-10(12(11)15)19-7-8-3-1-2-4-8/h5-6,8,18H,1-4,7H2,(H2,16,17). The summed E-state index contributed by atoms with van der Waals surface area (Å²) in [6.07, 6.45) is 5.08. The lowest BCUT2D eigenvalue weighted by atomic mass is 10.1. The molecule has 3 N–H and O–H groups in total. The van der Waals surface area contributed by atoms with Gasteiger partial charge in [0, 0.05) is 16.2 Å². The van der Waals surface area contributed by atoms with Crippen molar-refractivity contribution < 1.29 is 9.60 Å². The summed E-state index contributed by atoms with van der Waals surface area (Å²) in [5.74, 6) is 1.21. The Morgan fingerprint density at radius 2 is 2.16 bits per heavy atom. The van der Waals surface area contributed by atoms with Crippen LogP contribution in [-0.2, 0) is 0 Å². The van der Waals surface area contributed by atoms with Gasteiger partial charge in [-0.15, -0.1) is 11.8 Å². The van der Waals surface area contributed by atoms with Crippen LogP contribution in [0.25, 0.3) is 0 Å². The van der Waals surface area contributed by atoms with E-state index >= 15 is 0 Å². The van der Waals surface area contributed by atoms with Crippen LogP contribution in [0.3, 0.4) is 0 Å². The molecule has 3 nitrogen and oxygen atoms in total. The van der Waals surface area contributed by atoms with Crippen molar-refractivity contribution >= 4 is 33.5 Å². The smallest absolute Gasteiger partial charge is 0.171 e. The third-order valence-electron chi connectivity index (χ3n) is 3.38. The highest BCUT2D eigenvalue weighted by atomic mass is 79.9. The van der Waals surface area contributed by atoms with E-state index in [0.717, 1.165) is 5.75 Å². The van der Waals surface area contributed by atoms with E-state index in [1.165, 1.54) is 37.4 Å². The van der Waals surface area contributed by atoms with Crippen LogP contribution in [0.5, 0.6) is 0 Å². The number of rotatable bonds is 4. The number of oxime groups is 1. The van der Waals surface area contributed by atoms with E-state index in [4.69, 9.17) is 10.9 Å². The monoisotopic (exact) mass is 346 g/mol. The molecular formula is C13H16BrFN2OS. The Morgan fingerprint density at radius 3 is 2.79 bits per heavy atom. The van der Waals surface area contributed by atoms with Crippen molar-refractivity contribution in [1.29, 1.82) is 0 Å². The molecule has 1 saturated carbocycles. The van der Waals surface area contributed by atoms with Crippen molar-refractivity contribution in [1.82, 2.24) is 0 Å². The van der Waals surface area contributed by atoms with Crippen molar-refractivity contribution in [3.05, 3.63) is 28.0 Å². The van der Waals surface area contributed by atoms with Gasteiger partial charge in [-0.2, -0.15) is 0 Å². The van der Waals surface area contributed by atoms with Crippen molar-refractivity contribution in [2.24, 2.45) is 16.8 Å². The summed E-state index contributed by atoms with van der Waals surface area (Å²) in [6.45, 7) is 0. The van der Waals surface area contributed by atoms with Crippen LogP contribution in [0, 0.1) is 11.7 Å². The molecule has 1 fully saturated rings. The van der Waals surface area contributed by atoms with Crippen LogP contribution in [-0.4, -0.2) is 16.8 Å². The normalized spacial score (nSPS) is 17.1. The predicted octanol–water partition coefficient (Wildman–Crippen LogP) is 3.97. The van der Waals surface area contributed by atoms with Gasteiger partial charge in [0.05, 0.1) is 4.47 Å². The van der Waals surface area contributed by atoms with Gasteiger partial charge in [0.25, 0.3) is 0 Å². The first-order valence-electron chi connectivity index (χ1n) is 6.22. The first-order chi connectivity index (χ1) is 9.13. The van der Waals surface area contributed by atoms with Crippen LogP contribution >= 0.6 is 27.7 Å². The van der Waals surface area contributed by atoms with Crippen LogP contribution in [0.15, 0.2) is 26.7 Å². The second kappa shape index (κ2) is 6.61. The first-order valence-corrected chi connectivity index (χ1v) is 8.00. The molecule has 0 atom stereocenters. The summed E-state index contributed by atoms with van der Waals surface area (Å²) < 4.78 is 14.4. The van der Waals surface area contributed by atoms with Gasteiger partial charge in [-0.05, 0) is 46.8 Å². The van der Waals surface area contributed by atoms with Gasteiger partial charge in [-0.1, -0.05) is 18.0 Å². The van der Waals surface area contributed by atoms with E-state index in [2.05, 4.69) is 21.1 Å². The minimum atomic E-state index is -0.341. The average molecular weight is 347 g/mol. The Bertz CT molecular complexity index is 490. The van der Waals surface area contributed by atoms with E-state index in [0.29, 0.717) is 16.4 Å². The lowest BCUT2D eigenvalue weighted by Crippen LogP contribution is -2.14. The van der Waals surface area contributed by atoms with Gasteiger partial charge in [0.1, 0.15) is 0 Å². The molecule has 1 aliphatic carbocycles. The quantitative estimate of drug-likeness (QED) is 0.285. The predicted molar refractivity (Wildman–Crippen MR) is 79.3 cm³/mol. The Hall–Kier alpha value is -0.750. The fourth-order valence-corrected chi connectivity index (χ4v) is 4.10. The maximum atomic E-state index is 14.2. The molecule has 19 heavy (non-hydrogen) atoms. The summed E-state index contributed by atoms with van der Waals surface area (Å²) in [7, 11) is 0. The number of amidine groups is 1. The van der Waals surface area contributed by atoms with E-state index < -0.39 is 0 Å². The molecule has 0 amide bonds. The molecule has 1 aromatic rings. The van der Waals surface area contributed by atoms with Crippen molar-refractivity contribution in [2.75, 3.05) is 5.75 Å². The summed E-state index contributed by atoms with van der Waals surface area (Å²) >= 11 is 4.70. The maximum absolute atomic E-state index is 14.2. The molecule has 0 aliphatic heterocycles. The van der Waals surface area contributed by atoms with Gasteiger partial charge in [0.15, 0.2) is 11.7 Å². The van der Waals surface area contributed by atoms with Crippen LogP contribution < -0.4 is 5.73 Å². The van der Waals surface area contributed by atoms with Gasteiger partial charge < -0.3 is 10.9 Å². The molecule has 104 valence electrons. The number of nitrogens with zero attached hydrogens (tertiary/aromatic N) is 1. The molecule has 0 aromatic heterocycles. The summed E-state index contributed by atoms with van der Waals surface area (Å²) in [5, 5.41) is 11.5. The molecule has 6 heteroatoms. The van der Waals surface area contributed by atoms with Crippen LogP contribution in [0.2, 0.25) is 0 Å². The summed E-state index contributed by atoms with van der Waals surface area (Å²) in [5.41, 5.74) is 5.85. The van der Waals surface area contributed by atoms with Crippen molar-refractivity contribution in [3.8, 4) is 0 Å². The fourth-order valence-electron chi connectivity index (χ4n) is 2.28. The average Bonchev–Trinajstić information content (AvgIpc) is 2.93. The van der Waals surface area contributed by atoms with Gasteiger partial charge in [-0.25, -0.2) is 4.39 Å². The number of benzene rings is 1. The highest BCUT2D eigenvalue weighted by Crippen LogP contribution is 2.34. The largest absolute Gasteiger partial charge is 0.409 e. The molecule has 0 bridgehead atoms. The summed E-state index contributed by atoms with van der Waals surface area (Å²) in [4.78, 5) is 0.605. The second-order valence-electron chi connectivity index (χ2n) is 4.69. The topological polar surface area (TPSA) is 58.6 Å². The third kappa shape index (κ3) is 3.42. The lowest BCUT2D eigenvalue weighted by molar-refractivity contribution is 0.318. The highest BCUT2D eigenvalue weighted by molar-refractivity contribution is 9.10. The van der Waals surface area contributed by atoms with Gasteiger partial charge in [0.2, 0.25) is 0 Å². The zero-order valence-electron chi connectivity index (χ0n) is 10.4. The zero-order chi connectivity index (χ0) is 13.8. The number of nitrogens with two attached hydrogens (primary N) is 1. The SMILES string of the molecule is N/C(=N/O)c1ccc(SCC2CCCC2)c(F)c1Br. The minimum Gasteiger partial charge on any atom is -0.409 e. The number of halogens is 2. The summed E-state index contributed by atoms with van der Waals surface area (Å²) in [6, 6.07) is 3.35. The Labute approximate surface area is 124 Å². The zero-order valence-corrected chi connectivity index (χ0v) is 12.8. The molecule has 0 saturated heterocycles. The maximum Gasteiger partial charge on any atom is 0.171 e. The molecule has 0 radical (unpaired) electrons. The molecule has 0 heterocycles. The Morgan fingerprint density at radius 1 is 1.47 bits per heavy atom. The molecule has 0 unspecified atom stereocenters. The molecule has 1 aromatic carbocycles. The van der Waals surface area contributed by atoms with E-state index in [9.17, 15) is 4.39 Å². The minimum absolute atomic E-state index is 0.0990. The molecular weight excluding hydrogens is 331 g/mol. The number of thioether (sulfide) groups is 1. The Balaban J connectivity index is 2.11. The van der Waals surface area contributed by atoms with E-state index in [-0.39, 0.29) is 16.1 Å². The van der Waals surface area contributed by atoms with Crippen LogP contribution in [0.4, 0.5) is 4.39 Å². The van der Waals surface area contributed by atoms with E-state index in [1.54, 1.807) is 12.1 Å². The van der Waals surface area contributed by atoms with Crippen molar-refractivity contribution in [3.63, 3.8) is 0 Å². The third-order valence-corrected chi connectivity index (χ3v) is 5.42. The van der Waals surface area contributed by atoms with Crippen LogP contribution in [0.1, 0.15) is 31.2 Å². The van der Waals surface area contributed by atoms with Gasteiger partial charge in [-0.3, -0.25) is 0 Å². The fraction of sp³-hybridized carbons (Fsp3) is 0.462. The first kappa shape index (κ1) is 14.7. The molecule has 0 spiro atoms. The Kier molecular flexibility index (Phi) is 5.10. The van der Waals surface area contributed by atoms with Gasteiger partial charge >= 0.3 is 0 Å². The van der Waals surface area contributed by atoms with Crippen molar-refractivity contribution in [2.45, 2.75) is 30.6 Å². The lowest BCUT2D eigenvalue weighted by Gasteiger charge is -2.11. The second-order valence-corrected chi connectivity index (χ2v) is 6.54. The number of hydrogen-bond acceptors (Lipinski definition) is 3.